The molecule has 2 aromatic rings. The Morgan fingerprint density at radius 1 is 1.50 bits per heavy atom. The molecule has 7 heteroatoms. The van der Waals surface area contributed by atoms with Crippen LogP contribution in [-0.2, 0) is 6.42 Å². The molecule has 0 saturated carbocycles. The number of carbonyl (C=O) groups excluding carboxylic acids is 1. The number of hydrogen-bond donors (Lipinski definition) is 2. The number of aromatic nitrogens is 2. The third kappa shape index (κ3) is 3.08. The summed E-state index contributed by atoms with van der Waals surface area (Å²) in [5.74, 6) is -0.215. The Kier molecular flexibility index (Phi) is 4.57. The molecule has 0 aliphatic rings. The summed E-state index contributed by atoms with van der Waals surface area (Å²) in [5, 5.41) is 7.23. The zero-order valence-corrected chi connectivity index (χ0v) is 12.8. The number of hydrogen-bond acceptors (Lipinski definition) is 5. The minimum absolute atomic E-state index is 0.215. The van der Waals surface area contributed by atoms with Crippen molar-refractivity contribution >= 4 is 40.4 Å². The molecular formula is C13H15ClN4OS. The van der Waals surface area contributed by atoms with E-state index >= 15 is 0 Å². The van der Waals surface area contributed by atoms with E-state index < -0.39 is 0 Å². The molecule has 1 aromatic carbocycles. The Balaban J connectivity index is 2.23. The van der Waals surface area contributed by atoms with Gasteiger partial charge >= 0.3 is 0 Å². The largest absolute Gasteiger partial charge is 0.398 e. The summed E-state index contributed by atoms with van der Waals surface area (Å²) >= 11 is 7.08. The number of aryl methyl sites for hydroxylation is 2. The van der Waals surface area contributed by atoms with Crippen molar-refractivity contribution in [1.82, 2.24) is 9.59 Å². The smallest absolute Gasteiger partial charge is 0.269 e. The lowest BCUT2D eigenvalue weighted by Gasteiger charge is -2.10. The Morgan fingerprint density at radius 3 is 2.95 bits per heavy atom. The first-order chi connectivity index (χ1) is 9.52. The number of amides is 1. The highest BCUT2D eigenvalue weighted by Crippen LogP contribution is 2.27. The number of nitrogens with two attached hydrogens (primary N) is 1. The maximum absolute atomic E-state index is 12.3. The predicted octanol–water partition coefficient (Wildman–Crippen LogP) is 3.29. The van der Waals surface area contributed by atoms with Crippen LogP contribution < -0.4 is 11.1 Å². The molecule has 0 atom stereocenters. The molecule has 1 aromatic heterocycles. The first kappa shape index (κ1) is 14.7. The Morgan fingerprint density at radius 2 is 2.25 bits per heavy atom. The molecule has 0 unspecified atom stereocenters. The average molecular weight is 311 g/mol. The number of nitrogens with zero attached hydrogens (tertiary/aromatic N) is 2. The molecule has 0 aliphatic carbocycles. The molecule has 0 bridgehead atoms. The van der Waals surface area contributed by atoms with Crippen LogP contribution in [0.4, 0.5) is 11.4 Å². The lowest BCUT2D eigenvalue weighted by atomic mass is 10.1. The fourth-order valence-electron chi connectivity index (χ4n) is 1.80. The van der Waals surface area contributed by atoms with E-state index in [2.05, 4.69) is 14.9 Å². The fourth-order valence-corrected chi connectivity index (χ4v) is 2.57. The number of anilines is 2. The van der Waals surface area contributed by atoms with E-state index in [9.17, 15) is 4.79 Å². The predicted molar refractivity (Wildman–Crippen MR) is 82.5 cm³/mol. The summed E-state index contributed by atoms with van der Waals surface area (Å²) in [5.41, 5.74) is 8.44. The molecule has 0 fully saturated rings. The van der Waals surface area contributed by atoms with E-state index in [1.807, 2.05) is 13.8 Å². The lowest BCUT2D eigenvalue weighted by Crippen LogP contribution is -2.13. The minimum atomic E-state index is -0.215. The number of halogens is 1. The normalized spacial score (nSPS) is 10.6. The lowest BCUT2D eigenvalue weighted by molar-refractivity contribution is 0.102. The van der Waals surface area contributed by atoms with Crippen molar-refractivity contribution in [2.75, 3.05) is 11.1 Å². The van der Waals surface area contributed by atoms with Crippen LogP contribution in [-0.4, -0.2) is 15.5 Å². The van der Waals surface area contributed by atoms with Gasteiger partial charge in [0.05, 0.1) is 16.4 Å². The van der Waals surface area contributed by atoms with Crippen LogP contribution in [0.2, 0.25) is 5.02 Å². The van der Waals surface area contributed by atoms with Crippen LogP contribution in [0.15, 0.2) is 12.1 Å². The van der Waals surface area contributed by atoms with Gasteiger partial charge in [0, 0.05) is 5.69 Å². The molecule has 0 saturated heterocycles. The van der Waals surface area contributed by atoms with E-state index in [1.54, 1.807) is 12.1 Å². The van der Waals surface area contributed by atoms with Crippen LogP contribution in [0.1, 0.15) is 34.3 Å². The Bertz CT molecular complexity index is 641. The van der Waals surface area contributed by atoms with E-state index in [-0.39, 0.29) is 5.91 Å². The van der Waals surface area contributed by atoms with Gasteiger partial charge in [0.2, 0.25) is 0 Å². The molecule has 0 spiro atoms. The van der Waals surface area contributed by atoms with Crippen molar-refractivity contribution in [3.8, 4) is 0 Å². The Labute approximate surface area is 126 Å². The second-order valence-electron chi connectivity index (χ2n) is 4.44. The molecule has 2 rings (SSSR count). The van der Waals surface area contributed by atoms with E-state index in [0.717, 1.165) is 35.6 Å². The van der Waals surface area contributed by atoms with Crippen molar-refractivity contribution in [3.05, 3.63) is 33.3 Å². The second kappa shape index (κ2) is 6.19. The molecule has 1 heterocycles. The summed E-state index contributed by atoms with van der Waals surface area (Å²) in [6, 6.07) is 3.38. The zero-order valence-electron chi connectivity index (χ0n) is 11.2. The monoisotopic (exact) mass is 310 g/mol. The quantitative estimate of drug-likeness (QED) is 0.849. The van der Waals surface area contributed by atoms with Gasteiger partial charge in [-0.1, -0.05) is 29.4 Å². The topological polar surface area (TPSA) is 80.9 Å². The third-order valence-corrected chi connectivity index (χ3v) is 3.93. The number of carbonyl (C=O) groups is 1. The Hall–Kier alpha value is -1.66. The van der Waals surface area contributed by atoms with Crippen molar-refractivity contribution < 1.29 is 4.79 Å². The third-order valence-electron chi connectivity index (χ3n) is 2.84. The van der Waals surface area contributed by atoms with Gasteiger partial charge in [-0.05, 0) is 42.6 Å². The highest BCUT2D eigenvalue weighted by atomic mass is 35.5. The summed E-state index contributed by atoms with van der Waals surface area (Å²) in [6.07, 6.45) is 1.65. The second-order valence-corrected chi connectivity index (χ2v) is 5.60. The van der Waals surface area contributed by atoms with Crippen LogP contribution in [0.3, 0.4) is 0 Å². The van der Waals surface area contributed by atoms with Gasteiger partial charge < -0.3 is 11.1 Å². The summed E-state index contributed by atoms with van der Waals surface area (Å²) in [6.45, 7) is 3.89. The van der Waals surface area contributed by atoms with Gasteiger partial charge in [-0.3, -0.25) is 4.79 Å². The highest BCUT2D eigenvalue weighted by Gasteiger charge is 2.17. The summed E-state index contributed by atoms with van der Waals surface area (Å²) in [7, 11) is 0. The van der Waals surface area contributed by atoms with Gasteiger partial charge in [-0.25, -0.2) is 0 Å². The zero-order chi connectivity index (χ0) is 14.7. The minimum Gasteiger partial charge on any atom is -0.398 e. The van der Waals surface area contributed by atoms with Gasteiger partial charge in [0.1, 0.15) is 4.88 Å². The molecule has 106 valence electrons. The molecule has 0 aliphatic heterocycles. The number of benzene rings is 1. The molecule has 3 N–H and O–H groups in total. The molecular weight excluding hydrogens is 296 g/mol. The van der Waals surface area contributed by atoms with E-state index in [4.69, 9.17) is 17.3 Å². The molecule has 1 amide bonds. The van der Waals surface area contributed by atoms with Crippen LogP contribution in [0, 0.1) is 6.92 Å². The first-order valence-corrected chi connectivity index (χ1v) is 7.36. The van der Waals surface area contributed by atoms with Gasteiger partial charge in [-0.2, -0.15) is 0 Å². The summed E-state index contributed by atoms with van der Waals surface area (Å²) < 4.78 is 3.84. The van der Waals surface area contributed by atoms with Crippen LogP contribution in [0.5, 0.6) is 0 Å². The van der Waals surface area contributed by atoms with Crippen molar-refractivity contribution in [2.24, 2.45) is 0 Å². The molecule has 0 radical (unpaired) electrons. The standard InChI is InChI=1S/C13H15ClN4OS/c1-3-4-10-12(20-18-17-10)13(19)16-11-6-8(14)9(15)5-7(11)2/h5-6H,3-4,15H2,1-2H3,(H,16,19). The average Bonchev–Trinajstić information content (AvgIpc) is 2.84. The van der Waals surface area contributed by atoms with Crippen LogP contribution >= 0.6 is 23.1 Å². The maximum atomic E-state index is 12.3. The van der Waals surface area contributed by atoms with E-state index in [0.29, 0.717) is 21.3 Å². The van der Waals surface area contributed by atoms with Gasteiger partial charge in [0.25, 0.3) is 5.91 Å². The summed E-state index contributed by atoms with van der Waals surface area (Å²) in [4.78, 5) is 12.8. The van der Waals surface area contributed by atoms with Crippen molar-refractivity contribution in [3.63, 3.8) is 0 Å². The highest BCUT2D eigenvalue weighted by molar-refractivity contribution is 7.08. The van der Waals surface area contributed by atoms with Crippen LogP contribution in [0.25, 0.3) is 0 Å². The number of nitrogens with one attached hydrogen (secondary N) is 1. The first-order valence-electron chi connectivity index (χ1n) is 6.21. The van der Waals surface area contributed by atoms with E-state index in [1.165, 1.54) is 0 Å². The van der Waals surface area contributed by atoms with Gasteiger partial charge in [-0.15, -0.1) is 5.10 Å². The fraction of sp³-hybridized carbons (Fsp3) is 0.308. The SMILES string of the molecule is CCCc1nnsc1C(=O)Nc1cc(Cl)c(N)cc1C. The number of rotatable bonds is 4. The number of nitrogen functional groups attached to an aromatic ring is 1. The van der Waals surface area contributed by atoms with Crippen molar-refractivity contribution in [1.29, 1.82) is 0 Å². The maximum Gasteiger partial charge on any atom is 0.269 e. The van der Waals surface area contributed by atoms with Crippen molar-refractivity contribution in [2.45, 2.75) is 26.7 Å². The molecule has 20 heavy (non-hydrogen) atoms. The molecule has 5 nitrogen and oxygen atoms in total. The van der Waals surface area contributed by atoms with Gasteiger partial charge in [0.15, 0.2) is 0 Å².